The third kappa shape index (κ3) is 4.47. The summed E-state index contributed by atoms with van der Waals surface area (Å²) in [4.78, 5) is 12.6. The van der Waals surface area contributed by atoms with E-state index in [2.05, 4.69) is 49.4 Å². The zero-order valence-corrected chi connectivity index (χ0v) is 15.1. The summed E-state index contributed by atoms with van der Waals surface area (Å²) in [5.74, 6) is 0.536. The Labute approximate surface area is 151 Å². The van der Waals surface area contributed by atoms with Crippen molar-refractivity contribution in [3.05, 3.63) is 52.5 Å². The van der Waals surface area contributed by atoms with Crippen molar-refractivity contribution in [3.63, 3.8) is 0 Å². The fraction of sp³-hybridized carbons (Fsp3) is 0.133. The highest BCUT2D eigenvalue weighted by atomic mass is 32.2. The molecule has 3 rings (SSSR count). The second kappa shape index (κ2) is 8.13. The van der Waals surface area contributed by atoms with Crippen LogP contribution in [0.4, 0.5) is 5.13 Å². The second-order valence-electron chi connectivity index (χ2n) is 4.64. The molecule has 122 valence electrons. The van der Waals surface area contributed by atoms with Crippen molar-refractivity contribution in [1.82, 2.24) is 19.8 Å². The molecule has 0 aliphatic rings. The van der Waals surface area contributed by atoms with Crippen LogP contribution in [0.5, 0.6) is 0 Å². The maximum absolute atomic E-state index is 12.1. The number of thioether (sulfide) groups is 1. The molecule has 2 heterocycles. The molecule has 1 amide bonds. The molecular weight excluding hydrogens is 362 g/mol. The van der Waals surface area contributed by atoms with Gasteiger partial charge in [-0.25, -0.2) is 0 Å². The van der Waals surface area contributed by atoms with Crippen LogP contribution in [0.3, 0.4) is 0 Å². The minimum Gasteiger partial charge on any atom is -0.296 e. The van der Waals surface area contributed by atoms with Gasteiger partial charge in [0.1, 0.15) is 4.88 Å². The lowest BCUT2D eigenvalue weighted by molar-refractivity contribution is 0.102. The highest BCUT2D eigenvalue weighted by Gasteiger charge is 2.15. The molecule has 0 saturated heterocycles. The van der Waals surface area contributed by atoms with Gasteiger partial charge in [-0.2, -0.15) is 0 Å². The Morgan fingerprint density at radius 3 is 2.83 bits per heavy atom. The molecule has 0 unspecified atom stereocenters. The van der Waals surface area contributed by atoms with Crippen molar-refractivity contribution in [2.24, 2.45) is 0 Å². The van der Waals surface area contributed by atoms with E-state index in [0.717, 1.165) is 27.2 Å². The predicted octanol–water partition coefficient (Wildman–Crippen LogP) is 3.76. The van der Waals surface area contributed by atoms with Crippen LogP contribution < -0.4 is 5.32 Å². The highest BCUT2D eigenvalue weighted by Crippen LogP contribution is 2.26. The molecule has 6 nitrogen and oxygen atoms in total. The standard InChI is InChI=1S/C15H13N5OS3/c1-10-12(24-20-17-10)13(21)16-14-18-19-15(23-14)22-9-5-8-11-6-3-2-4-7-11/h2-8H,9H2,1H3,(H,16,18,21). The first-order chi connectivity index (χ1) is 11.7. The number of hydrogen-bond donors (Lipinski definition) is 1. The van der Waals surface area contributed by atoms with Gasteiger partial charge >= 0.3 is 0 Å². The largest absolute Gasteiger partial charge is 0.296 e. The Bertz CT molecular complexity index is 844. The van der Waals surface area contributed by atoms with Gasteiger partial charge in [-0.15, -0.1) is 15.3 Å². The number of rotatable bonds is 6. The number of amides is 1. The topological polar surface area (TPSA) is 80.7 Å². The van der Waals surface area contributed by atoms with Crippen LogP contribution in [0.25, 0.3) is 6.08 Å². The second-order valence-corrected chi connectivity index (χ2v) is 7.64. The Morgan fingerprint density at radius 2 is 2.08 bits per heavy atom. The Hall–Kier alpha value is -2.10. The van der Waals surface area contributed by atoms with Gasteiger partial charge in [0.2, 0.25) is 5.13 Å². The van der Waals surface area contributed by atoms with Crippen LogP contribution in [0, 0.1) is 6.92 Å². The summed E-state index contributed by atoms with van der Waals surface area (Å²) in [6, 6.07) is 10.1. The van der Waals surface area contributed by atoms with E-state index in [0.29, 0.717) is 15.7 Å². The summed E-state index contributed by atoms with van der Waals surface area (Å²) in [6.45, 7) is 1.75. The maximum atomic E-state index is 12.1. The third-order valence-electron chi connectivity index (χ3n) is 2.90. The molecule has 0 bridgehead atoms. The van der Waals surface area contributed by atoms with Crippen molar-refractivity contribution in [3.8, 4) is 0 Å². The van der Waals surface area contributed by atoms with Gasteiger partial charge in [0.15, 0.2) is 4.34 Å². The van der Waals surface area contributed by atoms with Crippen LogP contribution in [0.15, 0.2) is 40.7 Å². The predicted molar refractivity (Wildman–Crippen MR) is 98.7 cm³/mol. The lowest BCUT2D eigenvalue weighted by Gasteiger charge is -1.96. The number of carbonyl (C=O) groups excluding carboxylic acids is 1. The minimum absolute atomic E-state index is 0.251. The van der Waals surface area contributed by atoms with Gasteiger partial charge < -0.3 is 0 Å². The molecule has 0 aliphatic carbocycles. The van der Waals surface area contributed by atoms with E-state index >= 15 is 0 Å². The fourth-order valence-corrected chi connectivity index (χ4v) is 3.91. The van der Waals surface area contributed by atoms with Crippen molar-refractivity contribution < 1.29 is 4.79 Å². The van der Waals surface area contributed by atoms with Gasteiger partial charge in [0.05, 0.1) is 5.69 Å². The van der Waals surface area contributed by atoms with Crippen molar-refractivity contribution in [2.75, 3.05) is 11.1 Å². The molecule has 0 radical (unpaired) electrons. The van der Waals surface area contributed by atoms with E-state index in [9.17, 15) is 4.79 Å². The number of aryl methyl sites for hydroxylation is 1. The van der Waals surface area contributed by atoms with E-state index in [1.165, 1.54) is 11.3 Å². The zero-order valence-electron chi connectivity index (χ0n) is 12.7. The van der Waals surface area contributed by atoms with Crippen LogP contribution in [-0.4, -0.2) is 31.4 Å². The summed E-state index contributed by atoms with van der Waals surface area (Å²) in [5.41, 5.74) is 1.78. The smallest absolute Gasteiger partial charge is 0.271 e. The molecule has 9 heteroatoms. The van der Waals surface area contributed by atoms with E-state index in [1.54, 1.807) is 18.7 Å². The Kier molecular flexibility index (Phi) is 5.68. The monoisotopic (exact) mass is 375 g/mol. The molecule has 0 fully saturated rings. The molecular formula is C15H13N5OS3. The first-order valence-corrected chi connectivity index (χ1v) is 9.58. The number of anilines is 1. The molecule has 3 aromatic rings. The van der Waals surface area contributed by atoms with Gasteiger partial charge in [0.25, 0.3) is 5.91 Å². The first kappa shape index (κ1) is 16.7. The van der Waals surface area contributed by atoms with Gasteiger partial charge in [0, 0.05) is 5.75 Å². The number of benzene rings is 1. The molecule has 0 atom stereocenters. The van der Waals surface area contributed by atoms with Gasteiger partial charge in [-0.1, -0.05) is 70.1 Å². The zero-order chi connectivity index (χ0) is 16.8. The summed E-state index contributed by atoms with van der Waals surface area (Å²) < 4.78 is 4.56. The number of hydrogen-bond acceptors (Lipinski definition) is 8. The number of nitrogens with zero attached hydrogens (tertiary/aromatic N) is 4. The first-order valence-electron chi connectivity index (χ1n) is 7.00. The SMILES string of the molecule is Cc1nnsc1C(=O)Nc1nnc(SCC=Cc2ccccc2)s1. The summed E-state index contributed by atoms with van der Waals surface area (Å²) in [5, 5.41) is 15.1. The lowest BCUT2D eigenvalue weighted by Crippen LogP contribution is -2.11. The van der Waals surface area contributed by atoms with Crippen LogP contribution in [0.2, 0.25) is 0 Å². The molecule has 24 heavy (non-hydrogen) atoms. The van der Waals surface area contributed by atoms with E-state index in [1.807, 2.05) is 18.2 Å². The van der Waals surface area contributed by atoms with E-state index < -0.39 is 0 Å². The number of nitrogens with one attached hydrogen (secondary N) is 1. The normalized spacial score (nSPS) is 11.0. The fourth-order valence-electron chi connectivity index (χ4n) is 1.78. The van der Waals surface area contributed by atoms with E-state index in [-0.39, 0.29) is 5.91 Å². The third-order valence-corrected chi connectivity index (χ3v) is 5.65. The summed E-state index contributed by atoms with van der Waals surface area (Å²) in [6.07, 6.45) is 4.14. The molecule has 1 N–H and O–H groups in total. The Morgan fingerprint density at radius 1 is 1.25 bits per heavy atom. The Balaban J connectivity index is 1.51. The molecule has 0 saturated carbocycles. The molecule has 0 aliphatic heterocycles. The van der Waals surface area contributed by atoms with E-state index in [4.69, 9.17) is 0 Å². The van der Waals surface area contributed by atoms with Crippen molar-refractivity contribution >= 4 is 51.7 Å². The van der Waals surface area contributed by atoms with Crippen LogP contribution in [0.1, 0.15) is 20.9 Å². The summed E-state index contributed by atoms with van der Waals surface area (Å²) >= 11 is 3.99. The summed E-state index contributed by atoms with van der Waals surface area (Å²) in [7, 11) is 0. The van der Waals surface area contributed by atoms with Crippen molar-refractivity contribution in [1.29, 1.82) is 0 Å². The van der Waals surface area contributed by atoms with Crippen molar-refractivity contribution in [2.45, 2.75) is 11.3 Å². The van der Waals surface area contributed by atoms with Crippen LogP contribution >= 0.6 is 34.6 Å². The highest BCUT2D eigenvalue weighted by molar-refractivity contribution is 8.01. The van der Waals surface area contributed by atoms with Crippen LogP contribution in [-0.2, 0) is 0 Å². The average Bonchev–Trinajstić information content (AvgIpc) is 3.21. The van der Waals surface area contributed by atoms with Gasteiger partial charge in [-0.05, 0) is 24.0 Å². The number of carbonyl (C=O) groups is 1. The molecule has 0 spiro atoms. The number of aromatic nitrogens is 4. The quantitative estimate of drug-likeness (QED) is 0.522. The minimum atomic E-state index is -0.251. The molecule has 1 aromatic carbocycles. The molecule has 2 aromatic heterocycles. The lowest BCUT2D eigenvalue weighted by atomic mass is 10.2. The van der Waals surface area contributed by atoms with Gasteiger partial charge in [-0.3, -0.25) is 10.1 Å². The maximum Gasteiger partial charge on any atom is 0.271 e. The average molecular weight is 376 g/mol.